The number of halogens is 3. The van der Waals surface area contributed by atoms with E-state index in [9.17, 15) is 22.8 Å². The fraction of sp³-hybridized carbons (Fsp3) is 0.237. The SMILES string of the molecule is O=C(C(c1ccccc1)c1ccccc1)N1CCC(N(Cc2ccnc3ccccc23)C(=O)C(F)(F)F)CC1Cc1ccccc1. The van der Waals surface area contributed by atoms with E-state index in [1.807, 2.05) is 102 Å². The molecule has 5 aromatic rings. The van der Waals surface area contributed by atoms with Crippen LogP contribution in [-0.2, 0) is 22.6 Å². The molecule has 6 rings (SSSR count). The molecule has 1 aliphatic heterocycles. The molecule has 46 heavy (non-hydrogen) atoms. The Morgan fingerprint density at radius 2 is 1.39 bits per heavy atom. The average Bonchev–Trinajstić information content (AvgIpc) is 3.08. The van der Waals surface area contributed by atoms with Crippen molar-refractivity contribution < 1.29 is 22.8 Å². The Hall–Kier alpha value is -4.98. The summed E-state index contributed by atoms with van der Waals surface area (Å²) in [6.45, 7) is 0.00456. The molecule has 234 valence electrons. The number of carbonyl (C=O) groups excluding carboxylic acids is 2. The van der Waals surface area contributed by atoms with Crippen LogP contribution in [0.1, 0.15) is 41.0 Å². The van der Waals surface area contributed by atoms with E-state index in [2.05, 4.69) is 4.98 Å². The lowest BCUT2D eigenvalue weighted by atomic mass is 9.86. The summed E-state index contributed by atoms with van der Waals surface area (Å²) in [6.07, 6.45) is -2.61. The van der Waals surface area contributed by atoms with Gasteiger partial charge in [-0.3, -0.25) is 14.6 Å². The van der Waals surface area contributed by atoms with Gasteiger partial charge in [-0.1, -0.05) is 109 Å². The van der Waals surface area contributed by atoms with E-state index in [4.69, 9.17) is 0 Å². The lowest BCUT2D eigenvalue weighted by molar-refractivity contribution is -0.190. The van der Waals surface area contributed by atoms with Crippen LogP contribution in [0.5, 0.6) is 0 Å². The van der Waals surface area contributed by atoms with Crippen molar-refractivity contribution in [1.29, 1.82) is 0 Å². The fourth-order valence-electron chi connectivity index (χ4n) is 6.62. The molecule has 2 atom stereocenters. The van der Waals surface area contributed by atoms with Crippen LogP contribution in [-0.4, -0.2) is 51.4 Å². The molecule has 2 heterocycles. The first kappa shape index (κ1) is 31.0. The highest BCUT2D eigenvalue weighted by atomic mass is 19.4. The van der Waals surface area contributed by atoms with Gasteiger partial charge in [-0.05, 0) is 53.6 Å². The number of benzene rings is 4. The highest BCUT2D eigenvalue weighted by Crippen LogP contribution is 2.34. The number of alkyl halides is 3. The Labute approximate surface area is 266 Å². The monoisotopic (exact) mass is 621 g/mol. The number of aromatic nitrogens is 1. The van der Waals surface area contributed by atoms with Crippen molar-refractivity contribution in [1.82, 2.24) is 14.8 Å². The van der Waals surface area contributed by atoms with Crippen molar-refractivity contribution in [2.24, 2.45) is 0 Å². The largest absolute Gasteiger partial charge is 0.471 e. The maximum atomic E-state index is 14.6. The second kappa shape index (κ2) is 13.6. The lowest BCUT2D eigenvalue weighted by Crippen LogP contribution is -2.56. The van der Waals surface area contributed by atoms with Crippen molar-refractivity contribution in [3.63, 3.8) is 0 Å². The van der Waals surface area contributed by atoms with E-state index in [1.165, 1.54) is 0 Å². The number of piperidine rings is 1. The lowest BCUT2D eigenvalue weighted by Gasteiger charge is -2.45. The Morgan fingerprint density at radius 3 is 2.02 bits per heavy atom. The van der Waals surface area contributed by atoms with Crippen LogP contribution in [0.15, 0.2) is 128 Å². The topological polar surface area (TPSA) is 53.5 Å². The zero-order chi connectivity index (χ0) is 32.1. The van der Waals surface area contributed by atoms with Crippen LogP contribution in [0.4, 0.5) is 13.2 Å². The summed E-state index contributed by atoms with van der Waals surface area (Å²) in [5.41, 5.74) is 3.90. The second-order valence-electron chi connectivity index (χ2n) is 11.7. The molecule has 2 amide bonds. The Bertz CT molecular complexity index is 1740. The summed E-state index contributed by atoms with van der Waals surface area (Å²) in [4.78, 5) is 34.8. The van der Waals surface area contributed by atoms with E-state index < -0.39 is 30.1 Å². The van der Waals surface area contributed by atoms with E-state index in [0.29, 0.717) is 22.9 Å². The zero-order valence-electron chi connectivity index (χ0n) is 25.2. The molecule has 0 spiro atoms. The van der Waals surface area contributed by atoms with Gasteiger partial charge >= 0.3 is 12.1 Å². The number of hydrogen-bond acceptors (Lipinski definition) is 3. The van der Waals surface area contributed by atoms with Gasteiger partial charge in [0.15, 0.2) is 0 Å². The minimum atomic E-state index is -5.05. The average molecular weight is 622 g/mol. The molecule has 8 heteroatoms. The van der Waals surface area contributed by atoms with Gasteiger partial charge in [-0.2, -0.15) is 13.2 Å². The third-order valence-electron chi connectivity index (χ3n) is 8.82. The summed E-state index contributed by atoms with van der Waals surface area (Å²) in [6, 6.07) is 36.5. The maximum absolute atomic E-state index is 14.6. The first-order valence-electron chi connectivity index (χ1n) is 15.4. The standard InChI is InChI=1S/C38H34F3N3O2/c39-38(40,41)37(46)44(26-30-20-22-42-34-19-11-10-18-33(30)34)31-21-23-43(32(25-31)24-27-12-4-1-5-13-27)36(45)35(28-14-6-2-7-15-28)29-16-8-3-9-17-29/h1-20,22,31-32,35H,21,23-26H2. The quantitative estimate of drug-likeness (QED) is 0.180. The van der Waals surface area contributed by atoms with Gasteiger partial charge in [0.25, 0.3) is 0 Å². The van der Waals surface area contributed by atoms with Crippen molar-refractivity contribution in [2.45, 2.75) is 50.0 Å². The minimum absolute atomic E-state index is 0.106. The summed E-state index contributed by atoms with van der Waals surface area (Å²) < 4.78 is 42.4. The highest BCUT2D eigenvalue weighted by Gasteiger charge is 2.47. The molecule has 1 aromatic heterocycles. The van der Waals surface area contributed by atoms with Gasteiger partial charge in [-0.25, -0.2) is 0 Å². The van der Waals surface area contributed by atoms with Crippen LogP contribution >= 0.6 is 0 Å². The van der Waals surface area contributed by atoms with Crippen LogP contribution in [0.25, 0.3) is 10.9 Å². The van der Waals surface area contributed by atoms with E-state index in [-0.39, 0.29) is 31.8 Å². The molecule has 0 bridgehead atoms. The number of hydrogen-bond donors (Lipinski definition) is 0. The van der Waals surface area contributed by atoms with Gasteiger partial charge in [0.1, 0.15) is 0 Å². The van der Waals surface area contributed by atoms with Crippen molar-refractivity contribution in [3.05, 3.63) is 150 Å². The van der Waals surface area contributed by atoms with Crippen molar-refractivity contribution in [2.75, 3.05) is 6.54 Å². The van der Waals surface area contributed by atoms with E-state index >= 15 is 0 Å². The molecule has 0 N–H and O–H groups in total. The Kier molecular flexibility index (Phi) is 9.15. The zero-order valence-corrected chi connectivity index (χ0v) is 25.2. The third kappa shape index (κ3) is 6.81. The molecular weight excluding hydrogens is 587 g/mol. The molecule has 1 saturated heterocycles. The molecule has 4 aromatic carbocycles. The minimum Gasteiger partial charge on any atom is -0.338 e. The van der Waals surface area contributed by atoms with Gasteiger partial charge in [0.2, 0.25) is 5.91 Å². The second-order valence-corrected chi connectivity index (χ2v) is 11.7. The number of nitrogens with zero attached hydrogens (tertiary/aromatic N) is 3. The molecule has 0 aliphatic carbocycles. The first-order chi connectivity index (χ1) is 22.3. The van der Waals surface area contributed by atoms with Crippen LogP contribution < -0.4 is 0 Å². The number of likely N-dealkylation sites (tertiary alicyclic amines) is 1. The smallest absolute Gasteiger partial charge is 0.338 e. The van der Waals surface area contributed by atoms with Crippen LogP contribution in [0.2, 0.25) is 0 Å². The Balaban J connectivity index is 1.36. The predicted octanol–water partition coefficient (Wildman–Crippen LogP) is 7.56. The van der Waals surface area contributed by atoms with Gasteiger partial charge in [0, 0.05) is 36.8 Å². The van der Waals surface area contributed by atoms with Crippen LogP contribution in [0, 0.1) is 0 Å². The summed E-state index contributed by atoms with van der Waals surface area (Å²) >= 11 is 0. The molecule has 0 radical (unpaired) electrons. The summed E-state index contributed by atoms with van der Waals surface area (Å²) in [5.74, 6) is -2.55. The molecule has 2 unspecified atom stereocenters. The predicted molar refractivity (Wildman–Crippen MR) is 172 cm³/mol. The van der Waals surface area contributed by atoms with Crippen molar-refractivity contribution >= 4 is 22.7 Å². The number of carbonyl (C=O) groups is 2. The van der Waals surface area contributed by atoms with Crippen molar-refractivity contribution in [3.8, 4) is 0 Å². The maximum Gasteiger partial charge on any atom is 0.471 e. The van der Waals surface area contributed by atoms with Gasteiger partial charge in [-0.15, -0.1) is 0 Å². The fourth-order valence-corrected chi connectivity index (χ4v) is 6.62. The summed E-state index contributed by atoms with van der Waals surface area (Å²) in [5, 5.41) is 0.701. The first-order valence-corrected chi connectivity index (χ1v) is 15.4. The molecule has 1 fully saturated rings. The molecular formula is C38H34F3N3O2. The highest BCUT2D eigenvalue weighted by molar-refractivity contribution is 5.88. The van der Waals surface area contributed by atoms with Crippen LogP contribution in [0.3, 0.4) is 0 Å². The van der Waals surface area contributed by atoms with E-state index in [1.54, 1.807) is 30.5 Å². The number of pyridine rings is 1. The number of rotatable bonds is 8. The van der Waals surface area contributed by atoms with Gasteiger partial charge in [0.05, 0.1) is 11.4 Å². The summed E-state index contributed by atoms with van der Waals surface area (Å²) in [7, 11) is 0. The van der Waals surface area contributed by atoms with Gasteiger partial charge < -0.3 is 9.80 Å². The Morgan fingerprint density at radius 1 is 0.804 bits per heavy atom. The normalized spacial score (nSPS) is 16.8. The molecule has 0 saturated carbocycles. The van der Waals surface area contributed by atoms with E-state index in [0.717, 1.165) is 21.6 Å². The number of para-hydroxylation sites is 1. The number of amides is 2. The molecule has 5 nitrogen and oxygen atoms in total. The third-order valence-corrected chi connectivity index (χ3v) is 8.82. The molecule has 1 aliphatic rings. The number of fused-ring (bicyclic) bond motifs is 1.